The number of aromatic nitrogens is 3. The monoisotopic (exact) mass is 239 g/mol. The Morgan fingerprint density at radius 2 is 2.11 bits per heavy atom. The third kappa shape index (κ3) is 1.62. The fourth-order valence-corrected chi connectivity index (χ4v) is 2.05. The van der Waals surface area contributed by atoms with E-state index < -0.39 is 0 Å². The third-order valence-electron chi connectivity index (χ3n) is 2.95. The number of aryl methyl sites for hydroxylation is 1. The maximum absolute atomic E-state index is 5.26. The predicted octanol–water partition coefficient (Wildman–Crippen LogP) is 2.74. The molecule has 0 saturated heterocycles. The van der Waals surface area contributed by atoms with Gasteiger partial charge in [0.15, 0.2) is 5.65 Å². The van der Waals surface area contributed by atoms with Crippen molar-refractivity contribution in [3.05, 3.63) is 48.3 Å². The highest BCUT2D eigenvalue weighted by atomic mass is 16.5. The van der Waals surface area contributed by atoms with Crippen LogP contribution in [0.2, 0.25) is 0 Å². The lowest BCUT2D eigenvalue weighted by Gasteiger charge is -2.07. The van der Waals surface area contributed by atoms with Crippen LogP contribution in [0.3, 0.4) is 0 Å². The smallest absolute Gasteiger partial charge is 0.162 e. The third-order valence-corrected chi connectivity index (χ3v) is 2.95. The van der Waals surface area contributed by atoms with Gasteiger partial charge in [-0.05, 0) is 42.8 Å². The molecule has 18 heavy (non-hydrogen) atoms. The quantitative estimate of drug-likeness (QED) is 0.690. The summed E-state index contributed by atoms with van der Waals surface area (Å²) in [4.78, 5) is 4.36. The van der Waals surface area contributed by atoms with Gasteiger partial charge in [-0.2, -0.15) is 5.10 Å². The summed E-state index contributed by atoms with van der Waals surface area (Å²) >= 11 is 0. The number of hydrogen-bond acceptors (Lipinski definition) is 3. The lowest BCUT2D eigenvalue weighted by atomic mass is 10.2. The zero-order valence-electron chi connectivity index (χ0n) is 10.3. The number of fused-ring (bicyclic) bond motifs is 1. The molecule has 0 aliphatic rings. The van der Waals surface area contributed by atoms with Crippen LogP contribution >= 0.6 is 0 Å². The first-order valence-electron chi connectivity index (χ1n) is 5.73. The van der Waals surface area contributed by atoms with Crippen LogP contribution in [0.25, 0.3) is 16.7 Å². The molecule has 0 saturated carbocycles. The van der Waals surface area contributed by atoms with E-state index in [0.717, 1.165) is 28.0 Å². The van der Waals surface area contributed by atoms with Crippen LogP contribution in [0.1, 0.15) is 5.56 Å². The van der Waals surface area contributed by atoms with Crippen LogP contribution in [0, 0.1) is 6.92 Å². The second-order valence-electron chi connectivity index (χ2n) is 4.13. The summed E-state index contributed by atoms with van der Waals surface area (Å²) in [5.41, 5.74) is 2.93. The van der Waals surface area contributed by atoms with E-state index in [9.17, 15) is 0 Å². The summed E-state index contributed by atoms with van der Waals surface area (Å²) in [6, 6.07) is 9.88. The first-order valence-corrected chi connectivity index (χ1v) is 5.73. The Hall–Kier alpha value is -2.36. The van der Waals surface area contributed by atoms with Gasteiger partial charge in [-0.25, -0.2) is 9.67 Å². The number of rotatable bonds is 2. The van der Waals surface area contributed by atoms with E-state index in [-0.39, 0.29) is 0 Å². The summed E-state index contributed by atoms with van der Waals surface area (Å²) in [6.45, 7) is 2.02. The molecule has 0 amide bonds. The molecule has 2 heterocycles. The summed E-state index contributed by atoms with van der Waals surface area (Å²) < 4.78 is 7.09. The lowest BCUT2D eigenvalue weighted by molar-refractivity contribution is 0.411. The molecule has 0 radical (unpaired) electrons. The SMILES string of the molecule is COc1ccc(-n2ncc3cccnc32)cc1C. The van der Waals surface area contributed by atoms with Crippen molar-refractivity contribution >= 4 is 11.0 Å². The molecule has 0 unspecified atom stereocenters. The Morgan fingerprint density at radius 1 is 1.22 bits per heavy atom. The van der Waals surface area contributed by atoms with Crippen molar-refractivity contribution in [2.24, 2.45) is 0 Å². The largest absolute Gasteiger partial charge is 0.496 e. The fraction of sp³-hybridized carbons (Fsp3) is 0.143. The number of hydrogen-bond donors (Lipinski definition) is 0. The Labute approximate surface area is 105 Å². The Kier molecular flexibility index (Phi) is 2.48. The maximum Gasteiger partial charge on any atom is 0.162 e. The molecule has 3 aromatic rings. The van der Waals surface area contributed by atoms with Crippen molar-refractivity contribution in [3.63, 3.8) is 0 Å². The molecular formula is C14H13N3O. The number of pyridine rings is 1. The number of benzene rings is 1. The van der Waals surface area contributed by atoms with Crippen LogP contribution in [-0.2, 0) is 0 Å². The summed E-state index contributed by atoms with van der Waals surface area (Å²) in [5.74, 6) is 0.878. The van der Waals surface area contributed by atoms with E-state index in [1.807, 2.05) is 48.1 Å². The van der Waals surface area contributed by atoms with Gasteiger partial charge in [0.1, 0.15) is 5.75 Å². The number of ether oxygens (including phenoxy) is 1. The highest BCUT2D eigenvalue weighted by molar-refractivity contribution is 5.75. The maximum atomic E-state index is 5.26. The van der Waals surface area contributed by atoms with Gasteiger partial charge in [0.05, 0.1) is 19.0 Å². The molecule has 90 valence electrons. The molecule has 0 aliphatic heterocycles. The minimum atomic E-state index is 0.863. The topological polar surface area (TPSA) is 39.9 Å². The standard InChI is InChI=1S/C14H13N3O/c1-10-8-12(5-6-13(10)18-2)17-14-11(9-16-17)4-3-7-15-14/h3-9H,1-2H3. The normalized spacial score (nSPS) is 10.8. The Bertz CT molecular complexity index is 703. The molecule has 1 aromatic carbocycles. The minimum Gasteiger partial charge on any atom is -0.496 e. The lowest BCUT2D eigenvalue weighted by Crippen LogP contribution is -1.98. The Balaban J connectivity index is 2.17. The van der Waals surface area contributed by atoms with E-state index in [2.05, 4.69) is 10.1 Å². The van der Waals surface area contributed by atoms with Gasteiger partial charge in [-0.15, -0.1) is 0 Å². The number of methoxy groups -OCH3 is 1. The molecule has 0 spiro atoms. The second-order valence-corrected chi connectivity index (χ2v) is 4.13. The first-order chi connectivity index (χ1) is 8.79. The van der Waals surface area contributed by atoms with Crippen molar-refractivity contribution < 1.29 is 4.74 Å². The van der Waals surface area contributed by atoms with Crippen LogP contribution < -0.4 is 4.74 Å². The Morgan fingerprint density at radius 3 is 2.89 bits per heavy atom. The molecule has 0 atom stereocenters. The van der Waals surface area contributed by atoms with Crippen molar-refractivity contribution in [1.29, 1.82) is 0 Å². The van der Waals surface area contributed by atoms with E-state index in [1.165, 1.54) is 0 Å². The first kappa shape index (κ1) is 10.8. The van der Waals surface area contributed by atoms with Crippen LogP contribution in [0.15, 0.2) is 42.7 Å². The average Bonchev–Trinajstić information content (AvgIpc) is 2.82. The van der Waals surface area contributed by atoms with Gasteiger partial charge in [-0.1, -0.05) is 0 Å². The molecule has 0 fully saturated rings. The summed E-state index contributed by atoms with van der Waals surface area (Å²) in [5, 5.41) is 5.41. The van der Waals surface area contributed by atoms with Gasteiger partial charge < -0.3 is 4.74 Å². The molecule has 0 N–H and O–H groups in total. The van der Waals surface area contributed by atoms with E-state index in [1.54, 1.807) is 13.3 Å². The molecule has 0 bridgehead atoms. The molecule has 0 aliphatic carbocycles. The second kappa shape index (κ2) is 4.14. The summed E-state index contributed by atoms with van der Waals surface area (Å²) in [7, 11) is 1.67. The van der Waals surface area contributed by atoms with Gasteiger partial charge in [0.25, 0.3) is 0 Å². The fourth-order valence-electron chi connectivity index (χ4n) is 2.05. The van der Waals surface area contributed by atoms with Gasteiger partial charge in [0.2, 0.25) is 0 Å². The number of nitrogens with zero attached hydrogens (tertiary/aromatic N) is 3. The minimum absolute atomic E-state index is 0.863. The highest BCUT2D eigenvalue weighted by Gasteiger charge is 2.07. The summed E-state index contributed by atoms with van der Waals surface area (Å²) in [6.07, 6.45) is 3.60. The molecule has 2 aromatic heterocycles. The molecular weight excluding hydrogens is 226 g/mol. The van der Waals surface area contributed by atoms with E-state index >= 15 is 0 Å². The molecule has 4 heteroatoms. The predicted molar refractivity (Wildman–Crippen MR) is 70.2 cm³/mol. The van der Waals surface area contributed by atoms with E-state index in [4.69, 9.17) is 4.74 Å². The molecule has 4 nitrogen and oxygen atoms in total. The zero-order valence-corrected chi connectivity index (χ0v) is 10.3. The van der Waals surface area contributed by atoms with Crippen LogP contribution in [-0.4, -0.2) is 21.9 Å². The van der Waals surface area contributed by atoms with Crippen molar-refractivity contribution in [2.75, 3.05) is 7.11 Å². The van der Waals surface area contributed by atoms with Crippen molar-refractivity contribution in [2.45, 2.75) is 6.92 Å². The molecule has 3 rings (SSSR count). The van der Waals surface area contributed by atoms with Gasteiger partial charge >= 0.3 is 0 Å². The van der Waals surface area contributed by atoms with Gasteiger partial charge in [-0.3, -0.25) is 0 Å². The highest BCUT2D eigenvalue weighted by Crippen LogP contribution is 2.22. The van der Waals surface area contributed by atoms with Crippen LogP contribution in [0.4, 0.5) is 0 Å². The zero-order chi connectivity index (χ0) is 12.5. The average molecular weight is 239 g/mol. The van der Waals surface area contributed by atoms with Gasteiger partial charge in [0, 0.05) is 11.6 Å². The van der Waals surface area contributed by atoms with E-state index in [0.29, 0.717) is 0 Å². The van der Waals surface area contributed by atoms with Crippen molar-refractivity contribution in [3.8, 4) is 11.4 Å². The van der Waals surface area contributed by atoms with Crippen LogP contribution in [0.5, 0.6) is 5.75 Å². The van der Waals surface area contributed by atoms with Crippen molar-refractivity contribution in [1.82, 2.24) is 14.8 Å².